The van der Waals surface area contributed by atoms with Gasteiger partial charge in [0.1, 0.15) is 11.4 Å². The molecule has 2 atom stereocenters. The van der Waals surface area contributed by atoms with Crippen molar-refractivity contribution >= 4 is 5.96 Å². The van der Waals surface area contributed by atoms with Crippen molar-refractivity contribution < 1.29 is 14.3 Å². The molecule has 1 aliphatic heterocycles. The van der Waals surface area contributed by atoms with Crippen molar-refractivity contribution in [3.63, 3.8) is 0 Å². The zero-order valence-corrected chi connectivity index (χ0v) is 12.1. The maximum atomic E-state index is 10.3. The summed E-state index contributed by atoms with van der Waals surface area (Å²) in [5.74, 6) is 1.17. The van der Waals surface area contributed by atoms with Gasteiger partial charge in [0.25, 0.3) is 0 Å². The summed E-state index contributed by atoms with van der Waals surface area (Å²) in [6, 6.07) is 3.51. The second kappa shape index (κ2) is 6.76. The van der Waals surface area contributed by atoms with Crippen LogP contribution >= 0.6 is 0 Å². The van der Waals surface area contributed by atoms with Crippen molar-refractivity contribution in [3.8, 4) is 0 Å². The van der Waals surface area contributed by atoms with Gasteiger partial charge in [0.05, 0.1) is 18.9 Å². The molecular formula is C14H23N3O3. The van der Waals surface area contributed by atoms with E-state index in [1.165, 1.54) is 0 Å². The molecule has 1 fully saturated rings. The largest absolute Gasteiger partial charge is 0.466 e. The van der Waals surface area contributed by atoms with Crippen LogP contribution in [0.4, 0.5) is 0 Å². The number of nitrogens with one attached hydrogen (secondary N) is 2. The zero-order chi connectivity index (χ0) is 14.4. The second-order valence-electron chi connectivity index (χ2n) is 5.19. The van der Waals surface area contributed by atoms with Crippen molar-refractivity contribution in [3.05, 3.63) is 24.2 Å². The molecule has 0 amide bonds. The summed E-state index contributed by atoms with van der Waals surface area (Å²) in [5.41, 5.74) is -1.08. The van der Waals surface area contributed by atoms with Gasteiger partial charge in [-0.15, -0.1) is 0 Å². The smallest absolute Gasteiger partial charge is 0.191 e. The van der Waals surface area contributed by atoms with Crippen molar-refractivity contribution in [2.45, 2.75) is 31.5 Å². The van der Waals surface area contributed by atoms with Crippen LogP contribution in [-0.2, 0) is 10.3 Å². The number of aliphatic hydroxyl groups is 1. The van der Waals surface area contributed by atoms with Gasteiger partial charge in [-0.25, -0.2) is 0 Å². The molecule has 0 spiro atoms. The third-order valence-electron chi connectivity index (χ3n) is 3.40. The highest BCUT2D eigenvalue weighted by Crippen LogP contribution is 2.19. The molecule has 2 unspecified atom stereocenters. The highest BCUT2D eigenvalue weighted by Gasteiger charge is 2.26. The van der Waals surface area contributed by atoms with Gasteiger partial charge in [0, 0.05) is 20.2 Å². The van der Waals surface area contributed by atoms with Crippen LogP contribution in [0.5, 0.6) is 0 Å². The Hall–Kier alpha value is -1.53. The molecule has 0 aliphatic carbocycles. The Morgan fingerprint density at radius 1 is 1.55 bits per heavy atom. The molecule has 6 nitrogen and oxygen atoms in total. The number of furan rings is 1. The maximum absolute atomic E-state index is 10.3. The van der Waals surface area contributed by atoms with Gasteiger partial charge in [0.15, 0.2) is 5.96 Å². The van der Waals surface area contributed by atoms with Crippen LogP contribution < -0.4 is 10.6 Å². The Balaban J connectivity index is 1.78. The highest BCUT2D eigenvalue weighted by atomic mass is 16.5. The number of ether oxygens (including phenoxy) is 1. The van der Waals surface area contributed by atoms with Crippen molar-refractivity contribution in [2.75, 3.05) is 26.7 Å². The predicted molar refractivity (Wildman–Crippen MR) is 76.6 cm³/mol. The number of aliphatic imine (C=N–C) groups is 1. The maximum Gasteiger partial charge on any atom is 0.191 e. The van der Waals surface area contributed by atoms with Gasteiger partial charge in [-0.1, -0.05) is 0 Å². The van der Waals surface area contributed by atoms with E-state index in [1.54, 1.807) is 32.4 Å². The Kier molecular flexibility index (Phi) is 5.03. The normalized spacial score (nSPS) is 22.6. The average molecular weight is 281 g/mol. The molecule has 0 aromatic carbocycles. The Bertz CT molecular complexity index is 423. The second-order valence-corrected chi connectivity index (χ2v) is 5.19. The molecular weight excluding hydrogens is 258 g/mol. The van der Waals surface area contributed by atoms with Crippen LogP contribution in [-0.4, -0.2) is 43.9 Å². The summed E-state index contributed by atoms with van der Waals surface area (Å²) < 4.78 is 10.8. The molecule has 0 radical (unpaired) electrons. The highest BCUT2D eigenvalue weighted by molar-refractivity contribution is 5.79. The first kappa shape index (κ1) is 14.9. The monoisotopic (exact) mass is 281 g/mol. The van der Waals surface area contributed by atoms with Gasteiger partial charge >= 0.3 is 0 Å². The third-order valence-corrected chi connectivity index (χ3v) is 3.40. The Morgan fingerprint density at radius 3 is 3.00 bits per heavy atom. The lowest BCUT2D eigenvalue weighted by atomic mass is 10.0. The van der Waals surface area contributed by atoms with E-state index >= 15 is 0 Å². The standard InChI is InChI=1S/C14H23N3O3/c1-14(18,12-6-4-8-20-12)10-17-13(15-2)16-9-11-5-3-7-19-11/h4,6,8,11,18H,3,5,7,9-10H2,1-2H3,(H2,15,16,17). The van der Waals surface area contributed by atoms with E-state index in [2.05, 4.69) is 15.6 Å². The van der Waals surface area contributed by atoms with Crippen LogP contribution in [0.3, 0.4) is 0 Å². The van der Waals surface area contributed by atoms with Gasteiger partial charge in [-0.2, -0.15) is 0 Å². The molecule has 1 aromatic rings. The number of nitrogens with zero attached hydrogens (tertiary/aromatic N) is 1. The van der Waals surface area contributed by atoms with E-state index in [4.69, 9.17) is 9.15 Å². The summed E-state index contributed by atoms with van der Waals surface area (Å²) >= 11 is 0. The molecule has 2 rings (SSSR count). The molecule has 112 valence electrons. The van der Waals surface area contributed by atoms with Crippen molar-refractivity contribution in [1.82, 2.24) is 10.6 Å². The van der Waals surface area contributed by atoms with Crippen LogP contribution in [0.1, 0.15) is 25.5 Å². The Morgan fingerprint density at radius 2 is 2.40 bits per heavy atom. The number of hydrogen-bond acceptors (Lipinski definition) is 4. The lowest BCUT2D eigenvalue weighted by Gasteiger charge is -2.23. The minimum atomic E-state index is -1.08. The van der Waals surface area contributed by atoms with E-state index in [9.17, 15) is 5.11 Å². The molecule has 1 saturated heterocycles. The van der Waals surface area contributed by atoms with Crippen LogP contribution in [0.15, 0.2) is 27.8 Å². The first-order valence-corrected chi connectivity index (χ1v) is 6.94. The molecule has 3 N–H and O–H groups in total. The zero-order valence-electron chi connectivity index (χ0n) is 12.1. The minimum Gasteiger partial charge on any atom is -0.466 e. The van der Waals surface area contributed by atoms with E-state index in [0.29, 0.717) is 18.3 Å². The fourth-order valence-electron chi connectivity index (χ4n) is 2.16. The molecule has 1 aromatic heterocycles. The van der Waals surface area contributed by atoms with Crippen LogP contribution in [0.25, 0.3) is 0 Å². The van der Waals surface area contributed by atoms with Crippen molar-refractivity contribution in [2.24, 2.45) is 4.99 Å². The summed E-state index contributed by atoms with van der Waals surface area (Å²) in [6.07, 6.45) is 3.99. The van der Waals surface area contributed by atoms with E-state index in [-0.39, 0.29) is 6.10 Å². The predicted octanol–water partition coefficient (Wildman–Crippen LogP) is 0.831. The molecule has 20 heavy (non-hydrogen) atoms. The van der Waals surface area contributed by atoms with Crippen molar-refractivity contribution in [1.29, 1.82) is 0 Å². The van der Waals surface area contributed by atoms with Gasteiger partial charge in [-0.3, -0.25) is 4.99 Å². The minimum absolute atomic E-state index is 0.249. The number of rotatable bonds is 5. The molecule has 0 saturated carbocycles. The van der Waals surface area contributed by atoms with Crippen LogP contribution in [0.2, 0.25) is 0 Å². The first-order valence-electron chi connectivity index (χ1n) is 6.94. The van der Waals surface area contributed by atoms with Crippen LogP contribution in [0, 0.1) is 0 Å². The van der Waals surface area contributed by atoms with E-state index < -0.39 is 5.60 Å². The SMILES string of the molecule is CN=C(NCC1CCCO1)NCC(C)(O)c1ccco1. The lowest BCUT2D eigenvalue weighted by molar-refractivity contribution is 0.0385. The quantitative estimate of drug-likeness (QED) is 0.550. The fraction of sp³-hybridized carbons (Fsp3) is 0.643. The van der Waals surface area contributed by atoms with E-state index in [1.807, 2.05) is 0 Å². The summed E-state index contributed by atoms with van der Waals surface area (Å²) in [7, 11) is 1.70. The van der Waals surface area contributed by atoms with Gasteiger partial charge in [0.2, 0.25) is 0 Å². The number of guanidine groups is 1. The first-order chi connectivity index (χ1) is 9.62. The topological polar surface area (TPSA) is 79.0 Å². The average Bonchev–Trinajstić information content (AvgIpc) is 3.12. The molecule has 2 heterocycles. The fourth-order valence-corrected chi connectivity index (χ4v) is 2.16. The molecule has 0 bridgehead atoms. The van der Waals surface area contributed by atoms with Gasteiger partial charge in [-0.05, 0) is 31.9 Å². The summed E-state index contributed by atoms with van der Waals surface area (Å²) in [4.78, 5) is 4.13. The van der Waals surface area contributed by atoms with E-state index in [0.717, 1.165) is 26.0 Å². The summed E-state index contributed by atoms with van der Waals surface area (Å²) in [6.45, 7) is 3.58. The summed E-state index contributed by atoms with van der Waals surface area (Å²) in [5, 5.41) is 16.6. The lowest BCUT2D eigenvalue weighted by Crippen LogP contribution is -2.46. The molecule has 1 aliphatic rings. The third kappa shape index (κ3) is 3.98. The molecule has 6 heteroatoms. The van der Waals surface area contributed by atoms with Gasteiger partial charge < -0.3 is 24.9 Å². The number of hydrogen-bond donors (Lipinski definition) is 3. The Labute approximate surface area is 119 Å².